The van der Waals surface area contributed by atoms with Gasteiger partial charge in [-0.1, -0.05) is 6.92 Å². The van der Waals surface area contributed by atoms with Crippen LogP contribution in [-0.2, 0) is 25.8 Å². The van der Waals surface area contributed by atoms with Crippen molar-refractivity contribution < 1.29 is 0 Å². The van der Waals surface area contributed by atoms with Crippen LogP contribution >= 0.6 is 11.3 Å². The highest BCUT2D eigenvalue weighted by Gasteiger charge is 2.14. The van der Waals surface area contributed by atoms with Crippen LogP contribution in [0.1, 0.15) is 34.5 Å². The van der Waals surface area contributed by atoms with Crippen LogP contribution in [0.3, 0.4) is 0 Å². The lowest BCUT2D eigenvalue weighted by Gasteiger charge is -2.05. The smallest absolute Gasteiger partial charge is 0.252 e. The summed E-state index contributed by atoms with van der Waals surface area (Å²) in [5, 5.41) is 3.24. The van der Waals surface area contributed by atoms with E-state index in [0.29, 0.717) is 5.82 Å². The van der Waals surface area contributed by atoms with Gasteiger partial charge in [0.2, 0.25) is 0 Å². The van der Waals surface area contributed by atoms with Crippen molar-refractivity contribution in [1.82, 2.24) is 9.97 Å². The maximum atomic E-state index is 11.5. The molecule has 2 aromatic rings. The Morgan fingerprint density at radius 2 is 2.32 bits per heavy atom. The number of aryl methyl sites for hydroxylation is 3. The standard InChI is InChI=1S/C14H17N3OS/c1-2-12-16-13(7-14(18)17-12)15-8-10-6-9-4-3-5-11(9)19-10/h6-7H,2-5,8H2,1H3,(H2,15,16,17,18). The molecule has 0 aromatic carbocycles. The SMILES string of the molecule is CCc1nc(NCc2cc3c(s2)CCC3)cc(=O)[nH]1. The highest BCUT2D eigenvalue weighted by atomic mass is 32.1. The third-order valence-corrected chi connectivity index (χ3v) is 4.60. The second-order valence-corrected chi connectivity index (χ2v) is 6.02. The molecule has 0 bridgehead atoms. The van der Waals surface area contributed by atoms with Crippen LogP contribution in [0.5, 0.6) is 0 Å². The molecule has 0 aliphatic heterocycles. The van der Waals surface area contributed by atoms with Crippen molar-refractivity contribution in [2.45, 2.75) is 39.2 Å². The maximum Gasteiger partial charge on any atom is 0.252 e. The van der Waals surface area contributed by atoms with E-state index in [1.165, 1.54) is 40.6 Å². The number of rotatable bonds is 4. The molecule has 0 amide bonds. The number of nitrogens with one attached hydrogen (secondary N) is 2. The van der Waals surface area contributed by atoms with Crippen LogP contribution in [-0.4, -0.2) is 9.97 Å². The first-order chi connectivity index (χ1) is 9.24. The molecule has 4 nitrogen and oxygen atoms in total. The minimum absolute atomic E-state index is 0.0944. The Balaban J connectivity index is 1.71. The number of nitrogens with zero attached hydrogens (tertiary/aromatic N) is 1. The topological polar surface area (TPSA) is 57.8 Å². The average Bonchev–Trinajstić information content (AvgIpc) is 2.96. The minimum atomic E-state index is -0.0944. The lowest BCUT2D eigenvalue weighted by Crippen LogP contribution is -2.13. The number of aromatic amines is 1. The van der Waals surface area contributed by atoms with Crippen molar-refractivity contribution in [1.29, 1.82) is 0 Å². The number of aromatic nitrogens is 2. The summed E-state index contributed by atoms with van der Waals surface area (Å²) in [6.07, 6.45) is 4.47. The van der Waals surface area contributed by atoms with Gasteiger partial charge in [0.25, 0.3) is 5.56 Å². The molecule has 0 saturated carbocycles. The van der Waals surface area contributed by atoms with Crippen molar-refractivity contribution in [2.75, 3.05) is 5.32 Å². The van der Waals surface area contributed by atoms with Crippen LogP contribution in [0, 0.1) is 0 Å². The molecule has 0 atom stereocenters. The Bertz CT molecular complexity index is 623. The Labute approximate surface area is 115 Å². The van der Waals surface area contributed by atoms with E-state index in [2.05, 4.69) is 21.4 Å². The fourth-order valence-corrected chi connectivity index (χ4v) is 3.62. The lowest BCUT2D eigenvalue weighted by molar-refractivity contribution is 0.910. The lowest BCUT2D eigenvalue weighted by atomic mass is 10.2. The molecule has 2 aromatic heterocycles. The molecule has 3 rings (SSSR count). The van der Waals surface area contributed by atoms with Gasteiger partial charge in [0.15, 0.2) is 0 Å². The van der Waals surface area contributed by atoms with Gasteiger partial charge in [-0.2, -0.15) is 0 Å². The van der Waals surface area contributed by atoms with Gasteiger partial charge < -0.3 is 10.3 Å². The molecule has 2 N–H and O–H groups in total. The Kier molecular flexibility index (Phi) is 3.38. The predicted octanol–water partition coefficient (Wildman–Crippen LogP) is 2.49. The number of hydrogen-bond acceptors (Lipinski definition) is 4. The van der Waals surface area contributed by atoms with Crippen LogP contribution in [0.4, 0.5) is 5.82 Å². The molecule has 1 aliphatic rings. The third-order valence-electron chi connectivity index (χ3n) is 3.37. The molecule has 19 heavy (non-hydrogen) atoms. The van der Waals surface area contributed by atoms with E-state index in [0.717, 1.165) is 18.8 Å². The minimum Gasteiger partial charge on any atom is -0.365 e. The van der Waals surface area contributed by atoms with Gasteiger partial charge in [-0.05, 0) is 30.9 Å². The molecular formula is C14H17N3OS. The summed E-state index contributed by atoms with van der Waals surface area (Å²) < 4.78 is 0. The molecule has 100 valence electrons. The molecular weight excluding hydrogens is 258 g/mol. The fraction of sp³-hybridized carbons (Fsp3) is 0.429. The van der Waals surface area contributed by atoms with Gasteiger partial charge in [-0.15, -0.1) is 11.3 Å². The molecule has 1 aliphatic carbocycles. The van der Waals surface area contributed by atoms with Crippen molar-refractivity contribution in [3.63, 3.8) is 0 Å². The first-order valence-electron chi connectivity index (χ1n) is 6.69. The molecule has 2 heterocycles. The fourth-order valence-electron chi connectivity index (χ4n) is 2.42. The molecule has 0 unspecified atom stereocenters. The summed E-state index contributed by atoms with van der Waals surface area (Å²) in [6, 6.07) is 3.80. The first-order valence-corrected chi connectivity index (χ1v) is 7.51. The van der Waals surface area contributed by atoms with E-state index in [1.54, 1.807) is 0 Å². The van der Waals surface area contributed by atoms with E-state index < -0.39 is 0 Å². The summed E-state index contributed by atoms with van der Waals surface area (Å²) in [4.78, 5) is 21.4. The van der Waals surface area contributed by atoms with E-state index in [1.807, 2.05) is 18.3 Å². The van der Waals surface area contributed by atoms with Crippen molar-refractivity contribution in [3.05, 3.63) is 43.6 Å². The normalized spacial score (nSPS) is 13.5. The van der Waals surface area contributed by atoms with Gasteiger partial charge >= 0.3 is 0 Å². The summed E-state index contributed by atoms with van der Waals surface area (Å²) >= 11 is 1.88. The second-order valence-electron chi connectivity index (χ2n) is 4.80. The summed E-state index contributed by atoms with van der Waals surface area (Å²) in [5.41, 5.74) is 1.41. The van der Waals surface area contributed by atoms with Gasteiger partial charge in [-0.25, -0.2) is 4.98 Å². The molecule has 0 saturated heterocycles. The van der Waals surface area contributed by atoms with Crippen molar-refractivity contribution in [3.8, 4) is 0 Å². The maximum absolute atomic E-state index is 11.5. The monoisotopic (exact) mass is 275 g/mol. The Morgan fingerprint density at radius 1 is 1.42 bits per heavy atom. The zero-order chi connectivity index (χ0) is 13.2. The quantitative estimate of drug-likeness (QED) is 0.901. The summed E-state index contributed by atoms with van der Waals surface area (Å²) in [6.45, 7) is 2.73. The molecule has 0 spiro atoms. The Hall–Kier alpha value is -1.62. The van der Waals surface area contributed by atoms with E-state index in [9.17, 15) is 4.79 Å². The van der Waals surface area contributed by atoms with Gasteiger partial charge in [0, 0.05) is 22.2 Å². The van der Waals surface area contributed by atoms with Gasteiger partial charge in [0.05, 0.1) is 6.54 Å². The van der Waals surface area contributed by atoms with Crippen molar-refractivity contribution in [2.24, 2.45) is 0 Å². The predicted molar refractivity (Wildman–Crippen MR) is 77.9 cm³/mol. The number of H-pyrrole nitrogens is 1. The molecule has 0 fully saturated rings. The second kappa shape index (κ2) is 5.17. The Morgan fingerprint density at radius 3 is 3.11 bits per heavy atom. The van der Waals surface area contributed by atoms with Crippen LogP contribution in [0.25, 0.3) is 0 Å². The summed E-state index contributed by atoms with van der Waals surface area (Å²) in [5.74, 6) is 1.39. The van der Waals surface area contributed by atoms with Gasteiger partial charge in [0.1, 0.15) is 11.6 Å². The van der Waals surface area contributed by atoms with Crippen LogP contribution < -0.4 is 10.9 Å². The highest BCUT2D eigenvalue weighted by molar-refractivity contribution is 7.12. The van der Waals surface area contributed by atoms with E-state index in [4.69, 9.17) is 0 Å². The van der Waals surface area contributed by atoms with E-state index >= 15 is 0 Å². The zero-order valence-electron chi connectivity index (χ0n) is 11.0. The van der Waals surface area contributed by atoms with Gasteiger partial charge in [-0.3, -0.25) is 4.79 Å². The van der Waals surface area contributed by atoms with Crippen molar-refractivity contribution >= 4 is 17.2 Å². The largest absolute Gasteiger partial charge is 0.365 e. The molecule has 0 radical (unpaired) electrons. The third kappa shape index (κ3) is 2.71. The van der Waals surface area contributed by atoms with Crippen LogP contribution in [0.15, 0.2) is 16.9 Å². The number of thiophene rings is 1. The first kappa shape index (κ1) is 12.4. The summed E-state index contributed by atoms with van der Waals surface area (Å²) in [7, 11) is 0. The number of anilines is 1. The van der Waals surface area contributed by atoms with E-state index in [-0.39, 0.29) is 5.56 Å². The average molecular weight is 275 g/mol. The number of fused-ring (bicyclic) bond motifs is 1. The highest BCUT2D eigenvalue weighted by Crippen LogP contribution is 2.30. The number of hydrogen-bond donors (Lipinski definition) is 2. The zero-order valence-corrected chi connectivity index (χ0v) is 11.8. The van der Waals surface area contributed by atoms with Crippen LogP contribution in [0.2, 0.25) is 0 Å². The molecule has 5 heteroatoms.